The molecule has 34 heavy (non-hydrogen) atoms. The van der Waals surface area contributed by atoms with Crippen LogP contribution >= 0.6 is 11.6 Å². The molecule has 2 aromatic carbocycles. The van der Waals surface area contributed by atoms with Crippen LogP contribution in [0.4, 0.5) is 0 Å². The molecule has 2 N–H and O–H groups in total. The van der Waals surface area contributed by atoms with Crippen LogP contribution in [0.2, 0.25) is 5.02 Å². The lowest BCUT2D eigenvalue weighted by Gasteiger charge is -2.23. The molecule has 2 aromatic heterocycles. The highest BCUT2D eigenvalue weighted by atomic mass is 35.5. The van der Waals surface area contributed by atoms with Gasteiger partial charge in [-0.25, -0.2) is 4.98 Å². The Bertz CT molecular complexity index is 1340. The Hall–Kier alpha value is -3.35. The molecular weight excluding hydrogens is 448 g/mol. The maximum Gasteiger partial charge on any atom is 0.251 e. The summed E-state index contributed by atoms with van der Waals surface area (Å²) in [5, 5.41) is 7.02. The number of imidazole rings is 1. The van der Waals surface area contributed by atoms with Gasteiger partial charge in [0, 0.05) is 29.6 Å². The minimum absolute atomic E-state index is 0.0136. The number of rotatable bonds is 5. The van der Waals surface area contributed by atoms with Gasteiger partial charge in [0.2, 0.25) is 0 Å². The van der Waals surface area contributed by atoms with E-state index < -0.39 is 0 Å². The van der Waals surface area contributed by atoms with Crippen molar-refractivity contribution in [2.24, 2.45) is 0 Å². The molecule has 1 amide bonds. The standard InChI is InChI=1S/C27H27ClN4O2/c1-17-13-25(34-2)23(28)15-22(17)24-16-32-12-9-20(14-26(32)31-24)18-3-5-19(6-4-18)27(33)30-21-7-10-29-11-8-21/h3-6,9,12-16,21,29H,7-8,10-11H2,1-2H3,(H,30,33). The van der Waals surface area contributed by atoms with Crippen molar-refractivity contribution in [3.8, 4) is 28.1 Å². The first-order valence-electron chi connectivity index (χ1n) is 11.5. The van der Waals surface area contributed by atoms with Gasteiger partial charge in [0.25, 0.3) is 5.91 Å². The molecule has 6 nitrogen and oxygen atoms in total. The number of benzene rings is 2. The number of nitrogens with one attached hydrogen (secondary N) is 2. The largest absolute Gasteiger partial charge is 0.495 e. The lowest BCUT2D eigenvalue weighted by molar-refractivity contribution is 0.0929. The van der Waals surface area contributed by atoms with E-state index in [1.807, 2.05) is 66.2 Å². The van der Waals surface area contributed by atoms with Crippen molar-refractivity contribution in [1.82, 2.24) is 20.0 Å². The molecule has 174 valence electrons. The summed E-state index contributed by atoms with van der Waals surface area (Å²) in [6, 6.07) is 15.9. The highest BCUT2D eigenvalue weighted by Crippen LogP contribution is 2.33. The molecule has 4 aromatic rings. The van der Waals surface area contributed by atoms with Crippen molar-refractivity contribution in [2.45, 2.75) is 25.8 Å². The number of pyridine rings is 1. The first kappa shape index (κ1) is 22.4. The number of hydrogen-bond donors (Lipinski definition) is 2. The zero-order valence-electron chi connectivity index (χ0n) is 19.3. The molecular formula is C27H27ClN4O2. The van der Waals surface area contributed by atoms with E-state index >= 15 is 0 Å². The van der Waals surface area contributed by atoms with Crippen molar-refractivity contribution in [1.29, 1.82) is 0 Å². The number of halogens is 1. The number of amides is 1. The van der Waals surface area contributed by atoms with E-state index in [1.165, 1.54) is 0 Å². The summed E-state index contributed by atoms with van der Waals surface area (Å²) >= 11 is 6.35. The van der Waals surface area contributed by atoms with Crippen LogP contribution in [0.3, 0.4) is 0 Å². The number of hydrogen-bond acceptors (Lipinski definition) is 4. The van der Waals surface area contributed by atoms with E-state index in [0.717, 1.165) is 59.5 Å². The van der Waals surface area contributed by atoms with Gasteiger partial charge in [-0.1, -0.05) is 23.7 Å². The Labute approximate surface area is 203 Å². The molecule has 0 bridgehead atoms. The summed E-state index contributed by atoms with van der Waals surface area (Å²) in [5.41, 5.74) is 6.46. The van der Waals surface area contributed by atoms with E-state index in [1.54, 1.807) is 7.11 Å². The summed E-state index contributed by atoms with van der Waals surface area (Å²) < 4.78 is 7.31. The molecule has 1 aliphatic heterocycles. The van der Waals surface area contributed by atoms with Crippen molar-refractivity contribution in [2.75, 3.05) is 20.2 Å². The summed E-state index contributed by atoms with van der Waals surface area (Å²) in [5.74, 6) is 0.641. The average molecular weight is 475 g/mol. The van der Waals surface area contributed by atoms with Crippen LogP contribution in [0.25, 0.3) is 28.0 Å². The number of aromatic nitrogens is 2. The van der Waals surface area contributed by atoms with Crippen LogP contribution in [0.1, 0.15) is 28.8 Å². The molecule has 7 heteroatoms. The van der Waals surface area contributed by atoms with E-state index in [-0.39, 0.29) is 11.9 Å². The van der Waals surface area contributed by atoms with E-state index in [0.29, 0.717) is 16.3 Å². The maximum atomic E-state index is 12.6. The minimum Gasteiger partial charge on any atom is -0.495 e. The number of nitrogens with zero attached hydrogens (tertiary/aromatic N) is 2. The van der Waals surface area contributed by atoms with Crippen LogP contribution in [-0.4, -0.2) is 41.5 Å². The smallest absolute Gasteiger partial charge is 0.251 e. The highest BCUT2D eigenvalue weighted by Gasteiger charge is 2.16. The van der Waals surface area contributed by atoms with Gasteiger partial charge in [-0.3, -0.25) is 4.79 Å². The number of ether oxygens (including phenoxy) is 1. The van der Waals surface area contributed by atoms with Gasteiger partial charge in [-0.2, -0.15) is 0 Å². The number of aryl methyl sites for hydroxylation is 1. The minimum atomic E-state index is -0.0136. The van der Waals surface area contributed by atoms with E-state index in [2.05, 4.69) is 16.7 Å². The van der Waals surface area contributed by atoms with Gasteiger partial charge in [-0.05, 0) is 85.9 Å². The van der Waals surface area contributed by atoms with Crippen LogP contribution in [0, 0.1) is 6.92 Å². The molecule has 5 rings (SSSR count). The molecule has 1 saturated heterocycles. The lowest BCUT2D eigenvalue weighted by Crippen LogP contribution is -2.42. The Morgan fingerprint density at radius 3 is 2.62 bits per heavy atom. The first-order chi connectivity index (χ1) is 16.5. The Morgan fingerprint density at radius 1 is 1.12 bits per heavy atom. The molecule has 0 aliphatic carbocycles. The first-order valence-corrected chi connectivity index (χ1v) is 11.8. The third kappa shape index (κ3) is 4.52. The lowest BCUT2D eigenvalue weighted by atomic mass is 10.0. The number of carbonyl (C=O) groups excluding carboxylic acids is 1. The predicted octanol–water partition coefficient (Wildman–Crippen LogP) is 5.12. The number of carbonyl (C=O) groups is 1. The van der Waals surface area contributed by atoms with Crippen molar-refractivity contribution >= 4 is 23.2 Å². The number of methoxy groups -OCH3 is 1. The Morgan fingerprint density at radius 2 is 1.88 bits per heavy atom. The zero-order valence-corrected chi connectivity index (χ0v) is 20.0. The van der Waals surface area contributed by atoms with Gasteiger partial charge >= 0.3 is 0 Å². The molecule has 3 heterocycles. The second-order valence-corrected chi connectivity index (χ2v) is 9.09. The fourth-order valence-corrected chi connectivity index (χ4v) is 4.67. The quantitative estimate of drug-likeness (QED) is 0.421. The van der Waals surface area contributed by atoms with Gasteiger partial charge in [0.1, 0.15) is 11.4 Å². The van der Waals surface area contributed by atoms with E-state index in [9.17, 15) is 4.79 Å². The third-order valence-corrected chi connectivity index (χ3v) is 6.69. The summed E-state index contributed by atoms with van der Waals surface area (Å²) in [6.07, 6.45) is 5.94. The topological polar surface area (TPSA) is 67.7 Å². The molecule has 0 radical (unpaired) electrons. The van der Waals surface area contributed by atoms with Crippen LogP contribution in [0.5, 0.6) is 5.75 Å². The van der Waals surface area contributed by atoms with E-state index in [4.69, 9.17) is 21.3 Å². The normalized spacial score (nSPS) is 14.3. The Kier molecular flexibility index (Phi) is 6.26. The van der Waals surface area contributed by atoms with Gasteiger partial charge in [-0.15, -0.1) is 0 Å². The molecule has 1 fully saturated rings. The zero-order chi connectivity index (χ0) is 23.7. The second kappa shape index (κ2) is 9.49. The summed E-state index contributed by atoms with van der Waals surface area (Å²) in [6.45, 7) is 3.92. The summed E-state index contributed by atoms with van der Waals surface area (Å²) in [4.78, 5) is 17.4. The average Bonchev–Trinajstić information content (AvgIpc) is 3.29. The molecule has 0 unspecified atom stereocenters. The predicted molar refractivity (Wildman–Crippen MR) is 136 cm³/mol. The van der Waals surface area contributed by atoms with Crippen LogP contribution in [-0.2, 0) is 0 Å². The maximum absolute atomic E-state index is 12.6. The molecule has 0 atom stereocenters. The highest BCUT2D eigenvalue weighted by molar-refractivity contribution is 6.32. The van der Waals surface area contributed by atoms with Crippen LogP contribution in [0.15, 0.2) is 60.9 Å². The van der Waals surface area contributed by atoms with Gasteiger partial charge in [0.05, 0.1) is 17.8 Å². The summed E-state index contributed by atoms with van der Waals surface area (Å²) in [7, 11) is 1.61. The second-order valence-electron chi connectivity index (χ2n) is 8.68. The molecule has 0 spiro atoms. The monoisotopic (exact) mass is 474 g/mol. The van der Waals surface area contributed by atoms with Crippen molar-refractivity contribution < 1.29 is 9.53 Å². The Balaban J connectivity index is 1.37. The SMILES string of the molecule is COc1cc(C)c(-c2cn3ccc(-c4ccc(C(=O)NC5CCNCC5)cc4)cc3n2)cc1Cl. The van der Waals surface area contributed by atoms with Gasteiger partial charge < -0.3 is 19.8 Å². The molecule has 0 saturated carbocycles. The van der Waals surface area contributed by atoms with Gasteiger partial charge in [0.15, 0.2) is 0 Å². The fourth-order valence-electron chi connectivity index (χ4n) is 4.43. The number of fused-ring (bicyclic) bond motifs is 1. The van der Waals surface area contributed by atoms with Crippen LogP contribution < -0.4 is 15.4 Å². The number of piperidine rings is 1. The fraction of sp³-hybridized carbons (Fsp3) is 0.259. The third-order valence-electron chi connectivity index (χ3n) is 6.39. The van der Waals surface area contributed by atoms with Crippen molar-refractivity contribution in [3.05, 3.63) is 77.1 Å². The molecule has 1 aliphatic rings. The van der Waals surface area contributed by atoms with Crippen molar-refractivity contribution in [3.63, 3.8) is 0 Å².